The number of hydrogen-bond acceptors (Lipinski definition) is 6. The summed E-state index contributed by atoms with van der Waals surface area (Å²) in [5, 5.41) is 26.3. The average molecular weight is 461 g/mol. The van der Waals surface area contributed by atoms with Crippen LogP contribution < -0.4 is 5.32 Å². The van der Waals surface area contributed by atoms with E-state index in [0.29, 0.717) is 24.2 Å². The number of carbonyl (C=O) groups is 3. The van der Waals surface area contributed by atoms with Crippen LogP contribution >= 0.6 is 0 Å². The van der Waals surface area contributed by atoms with E-state index in [1.807, 2.05) is 0 Å². The van der Waals surface area contributed by atoms with E-state index in [1.165, 1.54) is 5.57 Å². The Morgan fingerprint density at radius 2 is 1.85 bits per heavy atom. The van der Waals surface area contributed by atoms with Crippen LogP contribution in [0.5, 0.6) is 0 Å². The van der Waals surface area contributed by atoms with Gasteiger partial charge in [0.25, 0.3) is 5.91 Å². The smallest absolute Gasteiger partial charge is 0.322 e. The minimum Gasteiger partial charge on any atom is -0.480 e. The Kier molecular flexibility index (Phi) is 6.18. The summed E-state index contributed by atoms with van der Waals surface area (Å²) in [5.74, 6) is -0.257. The Hall–Kier alpha value is -2.22. The van der Waals surface area contributed by atoms with Crippen molar-refractivity contribution in [2.45, 2.75) is 77.7 Å². The fourth-order valence-electron chi connectivity index (χ4n) is 7.64. The second-order valence-corrected chi connectivity index (χ2v) is 10.9. The zero-order valence-electron chi connectivity index (χ0n) is 19.9. The highest BCUT2D eigenvalue weighted by Gasteiger charge is 2.65. The first-order valence-corrected chi connectivity index (χ1v) is 12.1. The number of nitrogens with zero attached hydrogens (tertiary/aromatic N) is 1. The van der Waals surface area contributed by atoms with Crippen molar-refractivity contribution in [3.8, 4) is 0 Å². The van der Waals surface area contributed by atoms with Crippen molar-refractivity contribution in [3.05, 3.63) is 11.6 Å². The predicted molar refractivity (Wildman–Crippen MR) is 121 cm³/mol. The summed E-state index contributed by atoms with van der Waals surface area (Å²) in [5.41, 5.74) is 0.781. The summed E-state index contributed by atoms with van der Waals surface area (Å²) in [7, 11) is 0. The lowest BCUT2D eigenvalue weighted by molar-refractivity contribution is -0.159. The van der Waals surface area contributed by atoms with Crippen LogP contribution in [0.15, 0.2) is 16.8 Å². The summed E-state index contributed by atoms with van der Waals surface area (Å²) < 4.78 is 0. The summed E-state index contributed by atoms with van der Waals surface area (Å²) >= 11 is 0. The normalized spacial score (nSPS) is 40.8. The quantitative estimate of drug-likeness (QED) is 0.524. The first-order valence-electron chi connectivity index (χ1n) is 12.1. The van der Waals surface area contributed by atoms with Crippen molar-refractivity contribution in [1.29, 1.82) is 0 Å². The molecule has 4 rings (SSSR count). The van der Waals surface area contributed by atoms with Gasteiger partial charge in [0.05, 0.1) is 5.71 Å². The van der Waals surface area contributed by atoms with Crippen molar-refractivity contribution in [3.63, 3.8) is 0 Å². The fraction of sp³-hybridized carbons (Fsp3) is 0.760. The van der Waals surface area contributed by atoms with E-state index in [4.69, 9.17) is 9.94 Å². The van der Waals surface area contributed by atoms with Gasteiger partial charge in [0.2, 0.25) is 0 Å². The fourth-order valence-corrected chi connectivity index (χ4v) is 7.64. The number of allylic oxidation sites excluding steroid dienone is 2. The molecule has 33 heavy (non-hydrogen) atoms. The Bertz CT molecular complexity index is 913. The van der Waals surface area contributed by atoms with E-state index in [0.717, 1.165) is 50.7 Å². The lowest BCUT2D eigenvalue weighted by atomic mass is 9.46. The Morgan fingerprint density at radius 1 is 1.12 bits per heavy atom. The number of hydrogen-bond donors (Lipinski definition) is 3. The van der Waals surface area contributed by atoms with Gasteiger partial charge in [-0.25, -0.2) is 0 Å². The molecule has 1 amide bonds. The van der Waals surface area contributed by atoms with Gasteiger partial charge < -0.3 is 20.4 Å². The van der Waals surface area contributed by atoms with Crippen LogP contribution in [0.1, 0.15) is 72.1 Å². The molecule has 8 heteroatoms. The molecule has 0 aromatic heterocycles. The standard InChI is InChI=1S/C25H36N2O6/c1-15(28)25(32)11-8-20-18-5-4-16-12-17(27-33-14-21(29)26-13-22(30)31)6-9-23(16,2)19(18)7-10-24(20,25)3/h12,18-20,32H,4-11,13-14H2,1-3H3,(H,26,29)(H,30,31)/b27-17-/t18-,19+,20+,23-,24-,25+/m0/s1. The highest BCUT2D eigenvalue weighted by molar-refractivity contribution is 5.96. The molecule has 8 nitrogen and oxygen atoms in total. The van der Waals surface area contributed by atoms with Crippen LogP contribution in [-0.4, -0.2) is 52.3 Å². The van der Waals surface area contributed by atoms with Gasteiger partial charge in [-0.2, -0.15) is 0 Å². The summed E-state index contributed by atoms with van der Waals surface area (Å²) in [4.78, 5) is 39.7. The number of rotatable bonds is 6. The molecule has 6 atom stereocenters. The van der Waals surface area contributed by atoms with Crippen LogP contribution in [-0.2, 0) is 19.2 Å². The van der Waals surface area contributed by atoms with Crippen LogP contribution in [0.3, 0.4) is 0 Å². The van der Waals surface area contributed by atoms with Gasteiger partial charge in [-0.1, -0.05) is 24.6 Å². The van der Waals surface area contributed by atoms with Gasteiger partial charge in [0.15, 0.2) is 12.4 Å². The second-order valence-electron chi connectivity index (χ2n) is 10.9. The number of oxime groups is 1. The van der Waals surface area contributed by atoms with E-state index in [2.05, 4.69) is 30.4 Å². The number of carbonyl (C=O) groups excluding carboxylic acids is 2. The summed E-state index contributed by atoms with van der Waals surface area (Å²) in [6, 6.07) is 0. The number of aliphatic hydroxyl groups is 1. The third-order valence-corrected chi connectivity index (χ3v) is 9.53. The van der Waals surface area contributed by atoms with Crippen molar-refractivity contribution >= 4 is 23.4 Å². The molecule has 0 saturated heterocycles. The molecule has 182 valence electrons. The summed E-state index contributed by atoms with van der Waals surface area (Å²) in [6.45, 7) is 5.31. The molecule has 3 N–H and O–H groups in total. The second kappa shape index (κ2) is 8.53. The van der Waals surface area contributed by atoms with Crippen molar-refractivity contribution in [1.82, 2.24) is 5.32 Å². The van der Waals surface area contributed by atoms with Crippen molar-refractivity contribution in [2.75, 3.05) is 13.2 Å². The SMILES string of the molecule is CC(=O)[C@]1(O)CC[C@@H]2[C@H]3CCC4=C/C(=N\OCC(=O)NCC(=O)O)CC[C@]4(C)[C@@H]3CC[C@@]21C. The maximum Gasteiger partial charge on any atom is 0.322 e. The maximum atomic E-state index is 12.4. The van der Waals surface area contributed by atoms with Gasteiger partial charge in [-0.05, 0) is 87.5 Å². The van der Waals surface area contributed by atoms with E-state index in [-0.39, 0.29) is 23.2 Å². The van der Waals surface area contributed by atoms with Gasteiger partial charge in [-0.3, -0.25) is 14.4 Å². The van der Waals surface area contributed by atoms with Crippen molar-refractivity contribution in [2.24, 2.45) is 33.7 Å². The third kappa shape index (κ3) is 3.90. The molecule has 0 aromatic carbocycles. The number of Topliss-reactive ketones (excluding diaryl/α,β-unsaturated/α-hetero) is 1. The Balaban J connectivity index is 1.45. The molecule has 4 aliphatic carbocycles. The number of carboxylic acid groups (broad SMARTS) is 1. The Morgan fingerprint density at radius 3 is 2.55 bits per heavy atom. The zero-order chi connectivity index (χ0) is 24.0. The molecule has 4 aliphatic rings. The molecule has 0 aromatic rings. The lowest BCUT2D eigenvalue weighted by Crippen LogP contribution is -2.57. The van der Waals surface area contributed by atoms with Crippen molar-refractivity contribution < 1.29 is 29.4 Å². The van der Waals surface area contributed by atoms with E-state index in [9.17, 15) is 19.5 Å². The first kappa shape index (κ1) is 23.9. The number of ketones is 1. The van der Waals surface area contributed by atoms with Crippen LogP contribution in [0.4, 0.5) is 0 Å². The highest BCUT2D eigenvalue weighted by Crippen LogP contribution is 2.67. The number of fused-ring (bicyclic) bond motifs is 5. The Labute approximate surface area is 194 Å². The molecule has 0 spiro atoms. The van der Waals surface area contributed by atoms with Gasteiger partial charge in [-0.15, -0.1) is 0 Å². The van der Waals surface area contributed by atoms with Gasteiger partial charge >= 0.3 is 5.97 Å². The zero-order valence-corrected chi connectivity index (χ0v) is 19.9. The molecular weight excluding hydrogens is 424 g/mol. The molecule has 3 fully saturated rings. The highest BCUT2D eigenvalue weighted by atomic mass is 16.6. The van der Waals surface area contributed by atoms with Crippen LogP contribution in [0, 0.1) is 28.6 Å². The molecular formula is C25H36N2O6. The summed E-state index contributed by atoms with van der Waals surface area (Å²) in [6.07, 6.45) is 9.30. The average Bonchev–Trinajstić information content (AvgIpc) is 3.04. The number of amides is 1. The molecule has 0 bridgehead atoms. The molecule has 0 aliphatic heterocycles. The molecule has 0 unspecified atom stereocenters. The largest absolute Gasteiger partial charge is 0.480 e. The predicted octanol–water partition coefficient (Wildman–Crippen LogP) is 2.84. The van der Waals surface area contributed by atoms with Gasteiger partial charge in [0.1, 0.15) is 12.1 Å². The van der Waals surface area contributed by atoms with E-state index >= 15 is 0 Å². The van der Waals surface area contributed by atoms with Gasteiger partial charge in [0, 0.05) is 5.41 Å². The molecule has 3 saturated carbocycles. The van der Waals surface area contributed by atoms with E-state index < -0.39 is 24.0 Å². The van der Waals surface area contributed by atoms with Crippen LogP contribution in [0.2, 0.25) is 0 Å². The van der Waals surface area contributed by atoms with Crippen LogP contribution in [0.25, 0.3) is 0 Å². The minimum atomic E-state index is -1.18. The third-order valence-electron chi connectivity index (χ3n) is 9.53. The maximum absolute atomic E-state index is 12.4. The number of aliphatic carboxylic acids is 1. The number of carboxylic acids is 1. The van der Waals surface area contributed by atoms with E-state index in [1.54, 1.807) is 6.92 Å². The lowest BCUT2D eigenvalue weighted by Gasteiger charge is -2.59. The topological polar surface area (TPSA) is 125 Å². The number of nitrogens with one attached hydrogen (secondary N) is 1. The monoisotopic (exact) mass is 460 g/mol. The minimum absolute atomic E-state index is 0.0799. The molecule has 0 radical (unpaired) electrons. The first-order chi connectivity index (χ1) is 15.5. The molecule has 0 heterocycles.